The minimum Gasteiger partial charge on any atom is -0.409 e. The maximum atomic E-state index is 8.61. The molecule has 0 aliphatic carbocycles. The first-order chi connectivity index (χ1) is 7.54. The molecule has 0 atom stereocenters. The van der Waals surface area contributed by atoms with Crippen LogP contribution in [0.5, 0.6) is 0 Å². The van der Waals surface area contributed by atoms with E-state index in [0.29, 0.717) is 5.92 Å². The van der Waals surface area contributed by atoms with Crippen molar-refractivity contribution in [1.29, 1.82) is 0 Å². The molecule has 0 amide bonds. The quantitative estimate of drug-likeness (QED) is 0.353. The number of hydrogen-bond donors (Lipinski definition) is 2. The van der Waals surface area contributed by atoms with E-state index in [-0.39, 0.29) is 5.84 Å². The van der Waals surface area contributed by atoms with E-state index in [0.717, 1.165) is 17.8 Å². The van der Waals surface area contributed by atoms with Gasteiger partial charge < -0.3 is 15.8 Å². The van der Waals surface area contributed by atoms with Gasteiger partial charge in [-0.15, -0.1) is 0 Å². The van der Waals surface area contributed by atoms with Crippen molar-refractivity contribution in [1.82, 2.24) is 0 Å². The SMILES string of the molecule is CC(C)CN(C)c1cccc(C(N)=NO)c1. The molecular weight excluding hydrogens is 202 g/mol. The lowest BCUT2D eigenvalue weighted by atomic mass is 10.1. The van der Waals surface area contributed by atoms with Crippen molar-refractivity contribution in [2.24, 2.45) is 16.8 Å². The molecule has 0 aromatic heterocycles. The van der Waals surface area contributed by atoms with Crippen LogP contribution in [-0.4, -0.2) is 24.6 Å². The minimum atomic E-state index is 0.139. The summed E-state index contributed by atoms with van der Waals surface area (Å²) in [6, 6.07) is 7.65. The summed E-state index contributed by atoms with van der Waals surface area (Å²) in [4.78, 5) is 2.15. The van der Waals surface area contributed by atoms with Gasteiger partial charge in [0.05, 0.1) is 0 Å². The number of nitrogens with zero attached hydrogens (tertiary/aromatic N) is 2. The van der Waals surface area contributed by atoms with Crippen LogP contribution in [-0.2, 0) is 0 Å². The summed E-state index contributed by atoms with van der Waals surface area (Å²) in [5.74, 6) is 0.734. The molecule has 1 aromatic rings. The highest BCUT2D eigenvalue weighted by molar-refractivity contribution is 5.97. The standard InChI is InChI=1S/C12H19N3O/c1-9(2)8-15(3)11-6-4-5-10(7-11)12(13)14-16/h4-7,9,16H,8H2,1-3H3,(H2,13,14). The topological polar surface area (TPSA) is 61.8 Å². The Kier molecular flexibility index (Phi) is 4.17. The van der Waals surface area contributed by atoms with Gasteiger partial charge in [0.25, 0.3) is 0 Å². The van der Waals surface area contributed by atoms with Gasteiger partial charge in [-0.3, -0.25) is 0 Å². The number of oxime groups is 1. The zero-order chi connectivity index (χ0) is 12.1. The van der Waals surface area contributed by atoms with Crippen molar-refractivity contribution in [2.75, 3.05) is 18.5 Å². The van der Waals surface area contributed by atoms with Crippen LogP contribution >= 0.6 is 0 Å². The van der Waals surface area contributed by atoms with Crippen LogP contribution in [0.25, 0.3) is 0 Å². The Hall–Kier alpha value is -1.71. The van der Waals surface area contributed by atoms with Crippen LogP contribution in [0.1, 0.15) is 19.4 Å². The fourth-order valence-corrected chi connectivity index (χ4v) is 1.61. The summed E-state index contributed by atoms with van der Waals surface area (Å²) in [5, 5.41) is 11.6. The van der Waals surface area contributed by atoms with E-state index in [1.165, 1.54) is 0 Å². The Morgan fingerprint density at radius 2 is 2.19 bits per heavy atom. The number of hydrogen-bond acceptors (Lipinski definition) is 3. The number of nitrogens with two attached hydrogens (primary N) is 1. The fraction of sp³-hybridized carbons (Fsp3) is 0.417. The average Bonchev–Trinajstić information content (AvgIpc) is 2.27. The van der Waals surface area contributed by atoms with Crippen molar-refractivity contribution < 1.29 is 5.21 Å². The van der Waals surface area contributed by atoms with E-state index in [9.17, 15) is 0 Å². The van der Waals surface area contributed by atoms with Gasteiger partial charge in [-0.25, -0.2) is 0 Å². The van der Waals surface area contributed by atoms with Gasteiger partial charge in [0.1, 0.15) is 0 Å². The maximum Gasteiger partial charge on any atom is 0.170 e. The molecule has 0 spiro atoms. The molecule has 0 aliphatic rings. The Balaban J connectivity index is 2.90. The van der Waals surface area contributed by atoms with Crippen LogP contribution in [0.4, 0.5) is 5.69 Å². The summed E-state index contributed by atoms with van der Waals surface area (Å²) < 4.78 is 0. The second-order valence-corrected chi connectivity index (χ2v) is 4.31. The Morgan fingerprint density at radius 3 is 2.75 bits per heavy atom. The number of anilines is 1. The third kappa shape index (κ3) is 3.15. The van der Waals surface area contributed by atoms with E-state index in [1.54, 1.807) is 0 Å². The lowest BCUT2D eigenvalue weighted by molar-refractivity contribution is 0.318. The molecule has 1 rings (SSSR count). The van der Waals surface area contributed by atoms with Crippen molar-refractivity contribution >= 4 is 11.5 Å². The summed E-state index contributed by atoms with van der Waals surface area (Å²) in [6.07, 6.45) is 0. The second kappa shape index (κ2) is 5.39. The number of amidine groups is 1. The molecule has 0 saturated carbocycles. The lowest BCUT2D eigenvalue weighted by Crippen LogP contribution is -2.23. The Bertz CT molecular complexity index is 374. The molecule has 4 heteroatoms. The fourth-order valence-electron chi connectivity index (χ4n) is 1.61. The largest absolute Gasteiger partial charge is 0.409 e. The van der Waals surface area contributed by atoms with Crippen LogP contribution in [0, 0.1) is 5.92 Å². The molecular formula is C12H19N3O. The smallest absolute Gasteiger partial charge is 0.170 e. The predicted octanol–water partition coefficient (Wildman–Crippen LogP) is 1.87. The molecule has 0 unspecified atom stereocenters. The molecule has 0 radical (unpaired) electrons. The average molecular weight is 221 g/mol. The summed E-state index contributed by atoms with van der Waals surface area (Å²) >= 11 is 0. The zero-order valence-electron chi connectivity index (χ0n) is 10.0. The van der Waals surface area contributed by atoms with Gasteiger partial charge in [0.2, 0.25) is 0 Å². The molecule has 0 fully saturated rings. The van der Waals surface area contributed by atoms with Crippen LogP contribution in [0.15, 0.2) is 29.4 Å². The van der Waals surface area contributed by atoms with Gasteiger partial charge in [-0.05, 0) is 18.1 Å². The molecule has 1 aromatic carbocycles. The van der Waals surface area contributed by atoms with E-state index < -0.39 is 0 Å². The molecule has 3 N–H and O–H groups in total. The molecule has 0 aliphatic heterocycles. The van der Waals surface area contributed by atoms with E-state index >= 15 is 0 Å². The monoisotopic (exact) mass is 221 g/mol. The number of benzene rings is 1. The van der Waals surface area contributed by atoms with Gasteiger partial charge >= 0.3 is 0 Å². The summed E-state index contributed by atoms with van der Waals surface area (Å²) in [7, 11) is 2.03. The normalized spacial score (nSPS) is 11.9. The summed E-state index contributed by atoms with van der Waals surface area (Å²) in [5.41, 5.74) is 7.35. The third-order valence-electron chi connectivity index (χ3n) is 2.33. The molecule has 4 nitrogen and oxygen atoms in total. The van der Waals surface area contributed by atoms with Crippen LogP contribution in [0.3, 0.4) is 0 Å². The Morgan fingerprint density at radius 1 is 1.50 bits per heavy atom. The molecule has 0 saturated heterocycles. The molecule has 0 bridgehead atoms. The van der Waals surface area contributed by atoms with Crippen molar-refractivity contribution in [3.05, 3.63) is 29.8 Å². The highest BCUT2D eigenvalue weighted by atomic mass is 16.4. The first kappa shape index (κ1) is 12.4. The molecule has 88 valence electrons. The van der Waals surface area contributed by atoms with Crippen molar-refractivity contribution in [2.45, 2.75) is 13.8 Å². The maximum absolute atomic E-state index is 8.61. The van der Waals surface area contributed by atoms with E-state index in [2.05, 4.69) is 23.9 Å². The van der Waals surface area contributed by atoms with Crippen molar-refractivity contribution in [3.8, 4) is 0 Å². The van der Waals surface area contributed by atoms with E-state index in [4.69, 9.17) is 10.9 Å². The highest BCUT2D eigenvalue weighted by Crippen LogP contribution is 2.15. The zero-order valence-corrected chi connectivity index (χ0v) is 10.0. The summed E-state index contributed by atoms with van der Waals surface area (Å²) in [6.45, 7) is 5.31. The van der Waals surface area contributed by atoms with Gasteiger partial charge in [-0.2, -0.15) is 0 Å². The predicted molar refractivity (Wildman–Crippen MR) is 67.1 cm³/mol. The highest BCUT2D eigenvalue weighted by Gasteiger charge is 2.05. The van der Waals surface area contributed by atoms with Crippen molar-refractivity contribution in [3.63, 3.8) is 0 Å². The first-order valence-electron chi connectivity index (χ1n) is 5.33. The third-order valence-corrected chi connectivity index (χ3v) is 2.33. The number of rotatable bonds is 4. The van der Waals surface area contributed by atoms with Crippen LogP contribution < -0.4 is 10.6 Å². The van der Waals surface area contributed by atoms with Crippen LogP contribution in [0.2, 0.25) is 0 Å². The molecule has 16 heavy (non-hydrogen) atoms. The van der Waals surface area contributed by atoms with Gasteiger partial charge in [0.15, 0.2) is 5.84 Å². The molecule has 0 heterocycles. The van der Waals surface area contributed by atoms with Gasteiger partial charge in [-0.1, -0.05) is 31.1 Å². The van der Waals surface area contributed by atoms with E-state index in [1.807, 2.05) is 31.3 Å². The Labute approximate surface area is 96.4 Å². The second-order valence-electron chi connectivity index (χ2n) is 4.31. The minimum absolute atomic E-state index is 0.139. The first-order valence-corrected chi connectivity index (χ1v) is 5.33. The lowest BCUT2D eigenvalue weighted by Gasteiger charge is -2.21. The van der Waals surface area contributed by atoms with Gasteiger partial charge in [0, 0.05) is 24.8 Å².